The van der Waals surface area contributed by atoms with Crippen molar-refractivity contribution in [1.29, 1.82) is 1.28 Å². The van der Waals surface area contributed by atoms with E-state index in [4.69, 9.17) is 1.28 Å². The van der Waals surface area contributed by atoms with Crippen molar-refractivity contribution in [2.45, 2.75) is 7.43 Å². The Balaban J connectivity index is -0.0000000200. The molecule has 0 saturated carbocycles. The Hall–Kier alpha value is 2.50. The van der Waals surface area contributed by atoms with E-state index < -0.39 is 0 Å². The first kappa shape index (κ1) is 9.71. The first-order valence-corrected chi connectivity index (χ1v) is 2.32. The van der Waals surface area contributed by atoms with Gasteiger partial charge in [-0.1, -0.05) is 7.43 Å². The van der Waals surface area contributed by atoms with E-state index >= 15 is 0 Å². The topological polar surface area (TPSA) is 0 Å². The van der Waals surface area contributed by atoms with Gasteiger partial charge in [-0.2, -0.15) is 0 Å². The quantitative estimate of drug-likeness (QED) is 0.272. The van der Waals surface area contributed by atoms with Gasteiger partial charge in [-0.3, -0.25) is 0 Å². The number of hydrogen-bond donors (Lipinski definition) is 0. The summed E-state index contributed by atoms with van der Waals surface area (Å²) < 4.78 is 6.14. The minimum absolute atomic E-state index is 0. The molecule has 22 valence electrons. The first-order chi connectivity index (χ1) is 1.41. The minimum atomic E-state index is 0. The van der Waals surface area contributed by atoms with Crippen LogP contribution in [-0.2, 0) is 0 Å². The average molecular weight is 121 g/mol. The van der Waals surface area contributed by atoms with Gasteiger partial charge in [-0.25, -0.2) is 1.28 Å². The first-order valence-electron chi connectivity index (χ1n) is 0.705. The number of rotatable bonds is 0. The molecule has 0 aromatic rings. The molecule has 0 aromatic heterocycles. The van der Waals surface area contributed by atoms with Gasteiger partial charge >= 0.3 is 51.4 Å². The second-order valence-corrected chi connectivity index (χ2v) is 0. The molecule has 3 heteroatoms. The fraction of sp³-hybridized carbons (Fsp3) is 1.00. The molecule has 0 nitrogen and oxygen atoms in total. The van der Waals surface area contributed by atoms with Crippen molar-refractivity contribution < 1.29 is 51.4 Å². The molecular weight excluding hydrogens is 113 g/mol. The Bertz CT molecular complexity index is 9.61. The predicted octanol–water partition coefficient (Wildman–Crippen LogP) is -1.44. The van der Waals surface area contributed by atoms with Gasteiger partial charge in [-0.15, -0.1) is 0 Å². The van der Waals surface area contributed by atoms with Crippen molar-refractivity contribution >= 4 is 17.8 Å². The average Bonchev–Trinajstić information content (AvgIpc) is 0.918. The van der Waals surface area contributed by atoms with Gasteiger partial charge < -0.3 is 17.8 Å². The SMILES string of the molecule is C.[2H][P-]P.[K+]. The molecule has 0 N–H and O–H groups in total. The van der Waals surface area contributed by atoms with Crippen molar-refractivity contribution in [3.8, 4) is 0 Å². The van der Waals surface area contributed by atoms with E-state index in [2.05, 4.69) is 8.93 Å². The minimum Gasteiger partial charge on any atom is -0.533 e. The summed E-state index contributed by atoms with van der Waals surface area (Å²) in [5.74, 6) is 0. The summed E-state index contributed by atoms with van der Waals surface area (Å²) in [6.07, 6.45) is 0. The summed E-state index contributed by atoms with van der Waals surface area (Å²) in [7, 11) is 2.80. The maximum absolute atomic E-state index is 6.14. The van der Waals surface area contributed by atoms with Crippen LogP contribution in [0.25, 0.3) is 0 Å². The maximum atomic E-state index is 6.14. The molecule has 0 aliphatic carbocycles. The molecule has 0 radical (unpaired) electrons. The van der Waals surface area contributed by atoms with E-state index in [1.807, 2.05) is 0 Å². The Morgan fingerprint density at radius 2 is 2.00 bits per heavy atom. The molecule has 0 rings (SSSR count). The third-order valence-electron chi connectivity index (χ3n) is 0. The summed E-state index contributed by atoms with van der Waals surface area (Å²) in [6, 6.07) is 0. The van der Waals surface area contributed by atoms with Crippen LogP contribution >= 0.6 is 17.8 Å². The van der Waals surface area contributed by atoms with Crippen LogP contribution < -0.4 is 51.4 Å². The van der Waals surface area contributed by atoms with Gasteiger partial charge in [0.05, 0.1) is 0 Å². The predicted molar refractivity (Wildman–Crippen MR) is 24.8 cm³/mol. The second-order valence-electron chi connectivity index (χ2n) is 0. The van der Waals surface area contributed by atoms with Crippen LogP contribution in [0.3, 0.4) is 0 Å². The smallest absolute Gasteiger partial charge is 0.533 e. The van der Waals surface area contributed by atoms with E-state index in [0.717, 1.165) is 0 Å². The van der Waals surface area contributed by atoms with Gasteiger partial charge in [0.2, 0.25) is 0 Å². The fourth-order valence-corrected chi connectivity index (χ4v) is 0. The van der Waals surface area contributed by atoms with Crippen LogP contribution in [-0.4, -0.2) is 1.28 Å². The van der Waals surface area contributed by atoms with Gasteiger partial charge in [0.25, 0.3) is 0 Å². The summed E-state index contributed by atoms with van der Waals surface area (Å²) >= 11 is 0. The summed E-state index contributed by atoms with van der Waals surface area (Å²) in [6.45, 7) is 0. The zero-order valence-electron chi connectivity index (χ0n) is 3.02. The molecular formula is CH7KP2. The van der Waals surface area contributed by atoms with E-state index in [-0.39, 0.29) is 58.8 Å². The Morgan fingerprint density at radius 3 is 2.00 bits per heavy atom. The fourth-order valence-electron chi connectivity index (χ4n) is 0. The van der Waals surface area contributed by atoms with Crippen LogP contribution in [0.4, 0.5) is 0 Å². The Kier molecular flexibility index (Phi) is 43.3. The molecule has 0 heterocycles. The Labute approximate surface area is 76.5 Å². The van der Waals surface area contributed by atoms with Crippen molar-refractivity contribution in [3.05, 3.63) is 0 Å². The molecule has 1 unspecified atom stereocenters. The van der Waals surface area contributed by atoms with Crippen molar-refractivity contribution in [3.63, 3.8) is 0 Å². The molecule has 1 atom stereocenters. The van der Waals surface area contributed by atoms with Crippen molar-refractivity contribution in [1.82, 2.24) is 0 Å². The maximum Gasteiger partial charge on any atom is 1.00 e. The molecule has 0 spiro atoms. The third kappa shape index (κ3) is 8.82. The van der Waals surface area contributed by atoms with Crippen LogP contribution in [0.15, 0.2) is 0 Å². The van der Waals surface area contributed by atoms with Crippen LogP contribution in [0.2, 0.25) is 0 Å². The molecule has 0 aliphatic heterocycles. The molecule has 4 heavy (non-hydrogen) atoms. The number of hydrogen-bond acceptors (Lipinski definition) is 0. The standard InChI is InChI=1S/CH4.K.H3P2/c;;1-2/h1H4;;1H,2H2/q;+1;-1/i;;1D. The van der Waals surface area contributed by atoms with Crippen molar-refractivity contribution in [2.75, 3.05) is 0 Å². The van der Waals surface area contributed by atoms with Gasteiger partial charge in [0.1, 0.15) is 0 Å². The van der Waals surface area contributed by atoms with Gasteiger partial charge in [-0.05, 0) is 0 Å². The molecule has 0 aliphatic rings. The molecule has 0 saturated heterocycles. The van der Waals surface area contributed by atoms with E-state index in [1.54, 1.807) is 0 Å². The van der Waals surface area contributed by atoms with E-state index in [9.17, 15) is 0 Å². The normalized spacial score (nSPS) is 7.75. The summed E-state index contributed by atoms with van der Waals surface area (Å²) in [4.78, 5) is 0. The summed E-state index contributed by atoms with van der Waals surface area (Å²) in [5.41, 5.74) is 0. The molecule has 0 amide bonds. The summed E-state index contributed by atoms with van der Waals surface area (Å²) in [5, 5.41) is 0. The second kappa shape index (κ2) is 17.8. The van der Waals surface area contributed by atoms with E-state index in [0.29, 0.717) is 8.87 Å². The van der Waals surface area contributed by atoms with Gasteiger partial charge in [0, 0.05) is 0 Å². The molecule has 0 aromatic carbocycles. The monoisotopic (exact) mass is 121 g/mol. The van der Waals surface area contributed by atoms with Crippen LogP contribution in [0.5, 0.6) is 0 Å². The zero-order chi connectivity index (χ0) is 2.71. The molecule has 0 bridgehead atoms. The van der Waals surface area contributed by atoms with Crippen LogP contribution in [0, 0.1) is 0 Å². The van der Waals surface area contributed by atoms with Crippen molar-refractivity contribution in [2.24, 2.45) is 0 Å². The van der Waals surface area contributed by atoms with Crippen LogP contribution in [0.1, 0.15) is 7.43 Å². The largest absolute Gasteiger partial charge is 1.00 e. The van der Waals surface area contributed by atoms with Gasteiger partial charge in [0.15, 0.2) is 0 Å². The molecule has 0 fully saturated rings. The Morgan fingerprint density at radius 1 is 2.00 bits per heavy atom. The third-order valence-corrected chi connectivity index (χ3v) is 0. The zero-order valence-corrected chi connectivity index (χ0v) is 7.20. The van der Waals surface area contributed by atoms with E-state index in [1.165, 1.54) is 0 Å².